The molecule has 72 valence electrons. The average molecular weight is 180 g/mol. The third kappa shape index (κ3) is 3.90. The monoisotopic (exact) mass is 180 g/mol. The van der Waals surface area contributed by atoms with Crippen LogP contribution >= 0.6 is 0 Å². The molecule has 1 aromatic rings. The molecule has 0 bridgehead atoms. The second-order valence-electron chi connectivity index (χ2n) is 2.97. The minimum Gasteiger partial charge on any atom is -0.445 e. The van der Waals surface area contributed by atoms with Crippen molar-refractivity contribution >= 4 is 0 Å². The van der Waals surface area contributed by atoms with Crippen molar-refractivity contribution in [2.24, 2.45) is 0 Å². The van der Waals surface area contributed by atoms with Crippen LogP contribution in [0.4, 0.5) is 0 Å². The lowest BCUT2D eigenvalue weighted by Gasteiger charge is -1.99. The first-order valence-corrected chi connectivity index (χ1v) is 4.56. The highest BCUT2D eigenvalue weighted by Crippen LogP contribution is 2.00. The Morgan fingerprint density at radius 1 is 1.69 bits per heavy atom. The number of unbranched alkanes of at least 4 members (excludes halogenated alkanes) is 1. The van der Waals surface area contributed by atoms with E-state index in [2.05, 4.69) is 16.9 Å². The van der Waals surface area contributed by atoms with Crippen LogP contribution in [0.3, 0.4) is 0 Å². The Morgan fingerprint density at radius 2 is 2.54 bits per heavy atom. The highest BCUT2D eigenvalue weighted by molar-refractivity contribution is 4.90. The van der Waals surface area contributed by atoms with E-state index in [1.54, 1.807) is 6.20 Å². The van der Waals surface area contributed by atoms with E-state index in [9.17, 15) is 0 Å². The molecular formula is C10H16N2O. The van der Waals surface area contributed by atoms with Crippen LogP contribution in [0.15, 0.2) is 23.3 Å². The quantitative estimate of drug-likeness (QED) is 0.537. The van der Waals surface area contributed by atoms with Gasteiger partial charge in [0.1, 0.15) is 5.76 Å². The number of rotatable bonds is 6. The van der Waals surface area contributed by atoms with Gasteiger partial charge in [-0.25, -0.2) is 4.98 Å². The predicted octanol–water partition coefficient (Wildman–Crippen LogP) is 2.04. The van der Waals surface area contributed by atoms with E-state index in [4.69, 9.17) is 4.42 Å². The van der Waals surface area contributed by atoms with Gasteiger partial charge in [-0.3, -0.25) is 0 Å². The SMILES string of the molecule is C=CCCCNCc1ncc(C)o1. The van der Waals surface area contributed by atoms with Crippen LogP contribution in [0.5, 0.6) is 0 Å². The molecule has 0 atom stereocenters. The van der Waals surface area contributed by atoms with E-state index in [0.29, 0.717) is 6.54 Å². The predicted molar refractivity (Wildman–Crippen MR) is 52.4 cm³/mol. The summed E-state index contributed by atoms with van der Waals surface area (Å²) in [7, 11) is 0. The number of hydrogen-bond donors (Lipinski definition) is 1. The number of allylic oxidation sites excluding steroid dienone is 1. The largest absolute Gasteiger partial charge is 0.445 e. The highest BCUT2D eigenvalue weighted by atomic mass is 16.4. The van der Waals surface area contributed by atoms with Crippen LogP contribution in [0.2, 0.25) is 0 Å². The molecule has 0 aromatic carbocycles. The lowest BCUT2D eigenvalue weighted by Crippen LogP contribution is -2.14. The zero-order valence-corrected chi connectivity index (χ0v) is 8.05. The number of aryl methyl sites for hydroxylation is 1. The van der Waals surface area contributed by atoms with Crippen molar-refractivity contribution in [2.75, 3.05) is 6.54 Å². The van der Waals surface area contributed by atoms with Gasteiger partial charge in [-0.05, 0) is 26.3 Å². The molecule has 0 saturated heterocycles. The van der Waals surface area contributed by atoms with Crippen molar-refractivity contribution in [3.63, 3.8) is 0 Å². The molecule has 0 radical (unpaired) electrons. The Labute approximate surface area is 78.9 Å². The standard InChI is InChI=1S/C10H16N2O/c1-3-4-5-6-11-8-10-12-7-9(2)13-10/h3,7,11H,1,4-6,8H2,2H3. The third-order valence-electron chi connectivity index (χ3n) is 1.71. The molecule has 0 spiro atoms. The van der Waals surface area contributed by atoms with Crippen LogP contribution < -0.4 is 5.32 Å². The number of nitrogens with zero attached hydrogens (tertiary/aromatic N) is 1. The lowest BCUT2D eigenvalue weighted by molar-refractivity contribution is 0.448. The van der Waals surface area contributed by atoms with Crippen molar-refractivity contribution in [3.8, 4) is 0 Å². The van der Waals surface area contributed by atoms with E-state index >= 15 is 0 Å². The lowest BCUT2D eigenvalue weighted by atomic mass is 10.3. The van der Waals surface area contributed by atoms with Gasteiger partial charge in [0.05, 0.1) is 12.7 Å². The number of aromatic nitrogens is 1. The molecule has 0 saturated carbocycles. The molecule has 0 aliphatic rings. The topological polar surface area (TPSA) is 38.1 Å². The number of nitrogens with one attached hydrogen (secondary N) is 1. The van der Waals surface area contributed by atoms with E-state index in [0.717, 1.165) is 31.0 Å². The second-order valence-corrected chi connectivity index (χ2v) is 2.97. The van der Waals surface area contributed by atoms with E-state index in [1.807, 2.05) is 13.0 Å². The van der Waals surface area contributed by atoms with Crippen molar-refractivity contribution in [3.05, 3.63) is 30.5 Å². The summed E-state index contributed by atoms with van der Waals surface area (Å²) in [5.41, 5.74) is 0. The fraction of sp³-hybridized carbons (Fsp3) is 0.500. The molecule has 0 fully saturated rings. The maximum Gasteiger partial charge on any atom is 0.208 e. The smallest absolute Gasteiger partial charge is 0.208 e. The number of hydrogen-bond acceptors (Lipinski definition) is 3. The summed E-state index contributed by atoms with van der Waals surface area (Å²) >= 11 is 0. The van der Waals surface area contributed by atoms with Crippen LogP contribution in [0.1, 0.15) is 24.5 Å². The molecule has 0 amide bonds. The average Bonchev–Trinajstić information content (AvgIpc) is 2.51. The van der Waals surface area contributed by atoms with E-state index in [1.165, 1.54) is 0 Å². The summed E-state index contributed by atoms with van der Waals surface area (Å²) in [5, 5.41) is 3.25. The fourth-order valence-electron chi connectivity index (χ4n) is 1.05. The van der Waals surface area contributed by atoms with Crippen molar-refractivity contribution < 1.29 is 4.42 Å². The zero-order chi connectivity index (χ0) is 9.52. The molecule has 3 heteroatoms. The molecule has 0 aliphatic carbocycles. The van der Waals surface area contributed by atoms with Gasteiger partial charge in [0.15, 0.2) is 0 Å². The van der Waals surface area contributed by atoms with Gasteiger partial charge in [-0.1, -0.05) is 6.08 Å². The second kappa shape index (κ2) is 5.54. The first-order chi connectivity index (χ1) is 6.33. The van der Waals surface area contributed by atoms with Crippen molar-refractivity contribution in [1.29, 1.82) is 0 Å². The summed E-state index contributed by atoms with van der Waals surface area (Å²) in [6.45, 7) is 7.25. The Balaban J connectivity index is 2.09. The van der Waals surface area contributed by atoms with Gasteiger partial charge in [0.2, 0.25) is 5.89 Å². The summed E-state index contributed by atoms with van der Waals surface area (Å²) < 4.78 is 5.30. The summed E-state index contributed by atoms with van der Waals surface area (Å²) in [6.07, 6.45) is 5.83. The zero-order valence-electron chi connectivity index (χ0n) is 8.05. The Bertz CT molecular complexity index is 255. The van der Waals surface area contributed by atoms with Crippen LogP contribution in [-0.4, -0.2) is 11.5 Å². The molecule has 13 heavy (non-hydrogen) atoms. The van der Waals surface area contributed by atoms with Gasteiger partial charge < -0.3 is 9.73 Å². The first-order valence-electron chi connectivity index (χ1n) is 4.56. The van der Waals surface area contributed by atoms with E-state index < -0.39 is 0 Å². The molecule has 1 N–H and O–H groups in total. The van der Waals surface area contributed by atoms with E-state index in [-0.39, 0.29) is 0 Å². The van der Waals surface area contributed by atoms with Gasteiger partial charge >= 0.3 is 0 Å². The normalized spacial score (nSPS) is 10.2. The minimum absolute atomic E-state index is 0.713. The fourth-order valence-corrected chi connectivity index (χ4v) is 1.05. The maximum atomic E-state index is 5.30. The van der Waals surface area contributed by atoms with Gasteiger partial charge in [0.25, 0.3) is 0 Å². The minimum atomic E-state index is 0.713. The number of oxazole rings is 1. The van der Waals surface area contributed by atoms with Crippen LogP contribution in [0.25, 0.3) is 0 Å². The Hall–Kier alpha value is -1.09. The molecular weight excluding hydrogens is 164 g/mol. The highest BCUT2D eigenvalue weighted by Gasteiger charge is 1.97. The van der Waals surface area contributed by atoms with Gasteiger partial charge in [-0.15, -0.1) is 6.58 Å². The summed E-state index contributed by atoms with van der Waals surface area (Å²) in [6, 6.07) is 0. The Morgan fingerprint density at radius 3 is 3.15 bits per heavy atom. The first kappa shape index (κ1) is 9.99. The third-order valence-corrected chi connectivity index (χ3v) is 1.71. The Kier molecular flexibility index (Phi) is 4.26. The van der Waals surface area contributed by atoms with Gasteiger partial charge in [0, 0.05) is 0 Å². The molecule has 1 heterocycles. The van der Waals surface area contributed by atoms with Crippen LogP contribution in [0, 0.1) is 6.92 Å². The molecule has 0 unspecified atom stereocenters. The molecule has 3 nitrogen and oxygen atoms in total. The van der Waals surface area contributed by atoms with Crippen LogP contribution in [-0.2, 0) is 6.54 Å². The van der Waals surface area contributed by atoms with Crippen molar-refractivity contribution in [1.82, 2.24) is 10.3 Å². The van der Waals surface area contributed by atoms with Gasteiger partial charge in [-0.2, -0.15) is 0 Å². The molecule has 1 rings (SSSR count). The maximum absolute atomic E-state index is 5.30. The molecule has 0 aliphatic heterocycles. The summed E-state index contributed by atoms with van der Waals surface area (Å²) in [5.74, 6) is 1.62. The molecule has 1 aromatic heterocycles. The summed E-state index contributed by atoms with van der Waals surface area (Å²) in [4.78, 5) is 4.08. The van der Waals surface area contributed by atoms with Crippen molar-refractivity contribution in [2.45, 2.75) is 26.3 Å².